The summed E-state index contributed by atoms with van der Waals surface area (Å²) >= 11 is 0. The van der Waals surface area contributed by atoms with Crippen LogP contribution in [-0.4, -0.2) is 29.4 Å². The van der Waals surface area contributed by atoms with Gasteiger partial charge in [-0.3, -0.25) is 4.55 Å². The van der Waals surface area contributed by atoms with Gasteiger partial charge in [-0.1, -0.05) is 123 Å². The normalized spacial score (nSPS) is 14.3. The average Bonchev–Trinajstić information content (AvgIpc) is 2.64. The van der Waals surface area contributed by atoms with Crippen molar-refractivity contribution in [3.05, 3.63) is 0 Å². The van der Waals surface area contributed by atoms with Gasteiger partial charge in [0, 0.05) is 0 Å². The van der Waals surface area contributed by atoms with Crippen LogP contribution in [-0.2, 0) is 10.1 Å². The number of rotatable bonds is 21. The van der Waals surface area contributed by atoms with Crippen LogP contribution in [0.1, 0.15) is 136 Å². The number of hydrogen-bond donors (Lipinski definition) is 2. The Bertz CT molecular complexity index is 422. The van der Waals surface area contributed by atoms with Gasteiger partial charge < -0.3 is 5.11 Å². The van der Waals surface area contributed by atoms with E-state index in [2.05, 4.69) is 13.8 Å². The standard InChI is InChI=1S/C23H48O4S/c1-3-5-7-9-10-11-12-13-14-15-16-17-19-21-23(28(25,26)27)22(24)20-18-8-6-4-2/h22-24H,3-21H2,1-2H3,(H,25,26,27). The second kappa shape index (κ2) is 18.9. The van der Waals surface area contributed by atoms with E-state index in [1.54, 1.807) is 0 Å². The Morgan fingerprint density at radius 3 is 1.29 bits per heavy atom. The Kier molecular flexibility index (Phi) is 18.8. The van der Waals surface area contributed by atoms with Gasteiger partial charge in [0.05, 0.1) is 6.10 Å². The summed E-state index contributed by atoms with van der Waals surface area (Å²) in [6.07, 6.45) is 20.0. The topological polar surface area (TPSA) is 74.6 Å². The van der Waals surface area contributed by atoms with E-state index in [1.807, 2.05) is 0 Å². The number of unbranched alkanes of at least 4 members (excludes halogenated alkanes) is 15. The second-order valence-electron chi connectivity index (χ2n) is 8.50. The fourth-order valence-electron chi connectivity index (χ4n) is 3.87. The molecule has 0 aromatic carbocycles. The van der Waals surface area contributed by atoms with Gasteiger partial charge in [-0.25, -0.2) is 0 Å². The molecule has 0 aromatic heterocycles. The molecule has 0 heterocycles. The molecule has 28 heavy (non-hydrogen) atoms. The first-order valence-corrected chi connectivity index (χ1v) is 13.6. The lowest BCUT2D eigenvalue weighted by molar-refractivity contribution is 0.146. The number of aliphatic hydroxyl groups is 1. The van der Waals surface area contributed by atoms with Crippen LogP contribution in [0.5, 0.6) is 0 Å². The first kappa shape index (κ1) is 27.9. The summed E-state index contributed by atoms with van der Waals surface area (Å²) in [6, 6.07) is 0. The zero-order chi connectivity index (χ0) is 21.1. The summed E-state index contributed by atoms with van der Waals surface area (Å²) < 4.78 is 32.7. The van der Waals surface area contributed by atoms with Gasteiger partial charge in [0.15, 0.2) is 0 Å². The molecule has 4 nitrogen and oxygen atoms in total. The molecule has 0 aliphatic carbocycles. The maximum absolute atomic E-state index is 11.6. The third-order valence-electron chi connectivity index (χ3n) is 5.76. The van der Waals surface area contributed by atoms with Crippen LogP contribution in [0.2, 0.25) is 0 Å². The minimum absolute atomic E-state index is 0.367. The average molecular weight is 421 g/mol. The molecule has 2 unspecified atom stereocenters. The third-order valence-corrected chi connectivity index (χ3v) is 7.07. The molecule has 0 spiro atoms. The summed E-state index contributed by atoms with van der Waals surface area (Å²) in [5.41, 5.74) is 0. The van der Waals surface area contributed by atoms with Crippen molar-refractivity contribution in [2.24, 2.45) is 0 Å². The SMILES string of the molecule is CCCCCCCCCCCCCCCC(C(O)CCCCCC)S(=O)(=O)O. The van der Waals surface area contributed by atoms with Crippen LogP contribution in [0.3, 0.4) is 0 Å². The van der Waals surface area contributed by atoms with Crippen LogP contribution in [0.4, 0.5) is 0 Å². The van der Waals surface area contributed by atoms with Gasteiger partial charge in [0.1, 0.15) is 5.25 Å². The predicted octanol–water partition coefficient (Wildman–Crippen LogP) is 7.06. The van der Waals surface area contributed by atoms with Crippen molar-refractivity contribution < 1.29 is 18.1 Å². The Balaban J connectivity index is 3.72. The van der Waals surface area contributed by atoms with Gasteiger partial charge in [-0.2, -0.15) is 8.42 Å². The fraction of sp³-hybridized carbons (Fsp3) is 1.00. The maximum atomic E-state index is 11.6. The predicted molar refractivity (Wildman–Crippen MR) is 120 cm³/mol. The van der Waals surface area contributed by atoms with Crippen molar-refractivity contribution in [2.75, 3.05) is 0 Å². The highest BCUT2D eigenvalue weighted by molar-refractivity contribution is 7.86. The molecule has 0 saturated carbocycles. The van der Waals surface area contributed by atoms with Crippen molar-refractivity contribution in [1.82, 2.24) is 0 Å². The lowest BCUT2D eigenvalue weighted by Gasteiger charge is -2.20. The summed E-state index contributed by atoms with van der Waals surface area (Å²) in [5, 5.41) is 9.18. The van der Waals surface area contributed by atoms with Crippen molar-refractivity contribution in [1.29, 1.82) is 0 Å². The Morgan fingerprint density at radius 2 is 0.893 bits per heavy atom. The minimum Gasteiger partial charge on any atom is -0.392 e. The Hall–Kier alpha value is -0.130. The molecule has 0 aromatic rings. The highest BCUT2D eigenvalue weighted by Crippen LogP contribution is 2.20. The quantitative estimate of drug-likeness (QED) is 0.154. The Morgan fingerprint density at radius 1 is 0.571 bits per heavy atom. The molecule has 0 rings (SSSR count). The monoisotopic (exact) mass is 420 g/mol. The summed E-state index contributed by atoms with van der Waals surface area (Å²) in [4.78, 5) is 0. The molecule has 0 saturated heterocycles. The van der Waals surface area contributed by atoms with Crippen molar-refractivity contribution in [2.45, 2.75) is 147 Å². The van der Waals surface area contributed by atoms with Gasteiger partial charge in [0.2, 0.25) is 0 Å². The smallest absolute Gasteiger partial charge is 0.270 e. The third kappa shape index (κ3) is 16.8. The zero-order valence-electron chi connectivity index (χ0n) is 18.7. The summed E-state index contributed by atoms with van der Waals surface area (Å²) in [6.45, 7) is 4.37. The molecule has 170 valence electrons. The molecule has 0 bridgehead atoms. The van der Waals surface area contributed by atoms with Crippen molar-refractivity contribution >= 4 is 10.1 Å². The van der Waals surface area contributed by atoms with Gasteiger partial charge >= 0.3 is 0 Å². The first-order valence-electron chi connectivity index (χ1n) is 12.1. The molecule has 2 atom stereocenters. The number of aliphatic hydroxyl groups excluding tert-OH is 1. The van der Waals surface area contributed by atoms with Gasteiger partial charge in [0.25, 0.3) is 10.1 Å². The van der Waals surface area contributed by atoms with E-state index >= 15 is 0 Å². The van der Waals surface area contributed by atoms with E-state index in [9.17, 15) is 18.1 Å². The van der Waals surface area contributed by atoms with Gasteiger partial charge in [-0.15, -0.1) is 0 Å². The van der Waals surface area contributed by atoms with Crippen molar-refractivity contribution in [3.63, 3.8) is 0 Å². The largest absolute Gasteiger partial charge is 0.392 e. The second-order valence-corrected chi connectivity index (χ2v) is 10.1. The molecular weight excluding hydrogens is 372 g/mol. The van der Waals surface area contributed by atoms with Crippen LogP contribution < -0.4 is 0 Å². The summed E-state index contributed by atoms with van der Waals surface area (Å²) in [7, 11) is -4.17. The molecule has 0 aliphatic rings. The van der Waals surface area contributed by atoms with E-state index in [0.29, 0.717) is 12.8 Å². The summed E-state index contributed by atoms with van der Waals surface area (Å²) in [5.74, 6) is 0. The fourth-order valence-corrected chi connectivity index (χ4v) is 4.87. The molecule has 0 fully saturated rings. The molecule has 0 aliphatic heterocycles. The van der Waals surface area contributed by atoms with Crippen LogP contribution in [0.15, 0.2) is 0 Å². The van der Waals surface area contributed by atoms with Crippen LogP contribution in [0.25, 0.3) is 0 Å². The molecule has 0 radical (unpaired) electrons. The molecule has 5 heteroatoms. The molecule has 2 N–H and O–H groups in total. The highest BCUT2D eigenvalue weighted by Gasteiger charge is 2.29. The zero-order valence-corrected chi connectivity index (χ0v) is 19.5. The first-order chi connectivity index (χ1) is 13.4. The van der Waals surface area contributed by atoms with E-state index in [4.69, 9.17) is 0 Å². The van der Waals surface area contributed by atoms with Crippen molar-refractivity contribution in [3.8, 4) is 0 Å². The number of hydrogen-bond acceptors (Lipinski definition) is 3. The molecular formula is C23H48O4S. The molecule has 0 amide bonds. The minimum atomic E-state index is -4.17. The van der Waals surface area contributed by atoms with E-state index < -0.39 is 21.5 Å². The maximum Gasteiger partial charge on any atom is 0.270 e. The van der Waals surface area contributed by atoms with Crippen LogP contribution >= 0.6 is 0 Å². The lowest BCUT2D eigenvalue weighted by Crippen LogP contribution is -2.33. The van der Waals surface area contributed by atoms with E-state index in [1.165, 1.54) is 64.2 Å². The van der Waals surface area contributed by atoms with Gasteiger partial charge in [-0.05, 0) is 12.8 Å². The van der Waals surface area contributed by atoms with Crippen LogP contribution in [0, 0.1) is 0 Å². The van der Waals surface area contributed by atoms with E-state index in [0.717, 1.165) is 44.9 Å². The van der Waals surface area contributed by atoms with E-state index in [-0.39, 0.29) is 0 Å². The highest BCUT2D eigenvalue weighted by atomic mass is 32.2. The Labute approximate surface area is 175 Å². The lowest BCUT2D eigenvalue weighted by atomic mass is 10.0.